The highest BCUT2D eigenvalue weighted by atomic mass is 32.2. The lowest BCUT2D eigenvalue weighted by Crippen LogP contribution is -1.97. The molecule has 3 nitrogen and oxygen atoms in total. The number of aliphatic carboxylic acids is 1. The number of hydrogen-bond donors (Lipinski definition) is 1. The van der Waals surface area contributed by atoms with Crippen LogP contribution in [0.25, 0.3) is 0 Å². The molecule has 0 saturated heterocycles. The van der Waals surface area contributed by atoms with Crippen molar-refractivity contribution >= 4 is 17.7 Å². The minimum absolute atomic E-state index is 0.295. The van der Waals surface area contributed by atoms with Crippen LogP contribution in [0.5, 0.6) is 0 Å². The molecule has 0 radical (unpaired) electrons. The maximum atomic E-state index is 10.3. The summed E-state index contributed by atoms with van der Waals surface area (Å²) in [6, 6.07) is 0. The molecule has 138 valence electrons. The quantitative estimate of drug-likeness (QED) is 0.295. The van der Waals surface area contributed by atoms with Gasteiger partial charge in [-0.05, 0) is 25.0 Å². The van der Waals surface area contributed by atoms with Crippen molar-refractivity contribution in [2.75, 3.05) is 24.7 Å². The highest BCUT2D eigenvalue weighted by molar-refractivity contribution is 7.99. The van der Waals surface area contributed by atoms with Gasteiger partial charge in [0.05, 0.1) is 6.42 Å². The lowest BCUT2D eigenvalue weighted by Gasteiger charge is -2.05. The first kappa shape index (κ1) is 22.8. The Bertz CT molecular complexity index is 247. The average Bonchev–Trinajstić information content (AvgIpc) is 2.53. The van der Waals surface area contributed by atoms with E-state index in [1.165, 1.54) is 77.0 Å². The fraction of sp³-hybridized carbons (Fsp3) is 0.947. The molecule has 0 spiro atoms. The smallest absolute Gasteiger partial charge is 0.304 e. The minimum Gasteiger partial charge on any atom is -0.481 e. The zero-order chi connectivity index (χ0) is 17.0. The normalized spacial score (nSPS) is 11.0. The SMILES string of the molecule is CCCCCCCCOCCCCCCCCSCCC(=O)O. The molecule has 0 rings (SSSR count). The van der Waals surface area contributed by atoms with Gasteiger partial charge in [-0.1, -0.05) is 64.7 Å². The molecule has 0 aliphatic rings. The van der Waals surface area contributed by atoms with Gasteiger partial charge in [0, 0.05) is 19.0 Å². The van der Waals surface area contributed by atoms with E-state index in [1.807, 2.05) is 0 Å². The van der Waals surface area contributed by atoms with Crippen molar-refractivity contribution in [3.05, 3.63) is 0 Å². The second-order valence-corrected chi connectivity index (χ2v) is 7.48. The third-order valence-corrected chi connectivity index (χ3v) is 5.00. The second-order valence-electron chi connectivity index (χ2n) is 6.26. The number of rotatable bonds is 19. The summed E-state index contributed by atoms with van der Waals surface area (Å²) in [7, 11) is 0. The molecule has 0 saturated carbocycles. The van der Waals surface area contributed by atoms with Crippen LogP contribution < -0.4 is 0 Å². The van der Waals surface area contributed by atoms with Gasteiger partial charge < -0.3 is 9.84 Å². The molecule has 0 heterocycles. The summed E-state index contributed by atoms with van der Waals surface area (Å²) in [6.07, 6.45) is 15.9. The Labute approximate surface area is 148 Å². The molecule has 0 amide bonds. The first-order valence-electron chi connectivity index (χ1n) is 9.64. The Morgan fingerprint density at radius 1 is 0.783 bits per heavy atom. The van der Waals surface area contributed by atoms with E-state index in [1.54, 1.807) is 11.8 Å². The van der Waals surface area contributed by atoms with Gasteiger partial charge in [-0.25, -0.2) is 0 Å². The van der Waals surface area contributed by atoms with Crippen LogP contribution in [0.2, 0.25) is 0 Å². The predicted octanol–water partition coefficient (Wildman–Crippen LogP) is 5.91. The van der Waals surface area contributed by atoms with Crippen LogP contribution in [-0.4, -0.2) is 35.8 Å². The van der Waals surface area contributed by atoms with Gasteiger partial charge in [-0.2, -0.15) is 11.8 Å². The minimum atomic E-state index is -0.684. The topological polar surface area (TPSA) is 46.5 Å². The molecule has 0 fully saturated rings. The van der Waals surface area contributed by atoms with Crippen LogP contribution in [0.15, 0.2) is 0 Å². The Morgan fingerprint density at radius 2 is 1.30 bits per heavy atom. The third-order valence-electron chi connectivity index (χ3n) is 3.93. The summed E-state index contributed by atoms with van der Waals surface area (Å²) >= 11 is 1.77. The van der Waals surface area contributed by atoms with E-state index in [2.05, 4.69) is 6.92 Å². The van der Waals surface area contributed by atoms with E-state index in [0.717, 1.165) is 24.7 Å². The van der Waals surface area contributed by atoms with Gasteiger partial charge in [0.25, 0.3) is 0 Å². The zero-order valence-corrected chi connectivity index (χ0v) is 16.0. The summed E-state index contributed by atoms with van der Waals surface area (Å²) in [4.78, 5) is 10.3. The van der Waals surface area contributed by atoms with E-state index < -0.39 is 5.97 Å². The van der Waals surface area contributed by atoms with Crippen LogP contribution in [-0.2, 0) is 9.53 Å². The average molecular weight is 347 g/mol. The molecule has 0 aromatic rings. The monoisotopic (exact) mass is 346 g/mol. The van der Waals surface area contributed by atoms with Crippen molar-refractivity contribution in [3.8, 4) is 0 Å². The van der Waals surface area contributed by atoms with E-state index >= 15 is 0 Å². The fourth-order valence-corrected chi connectivity index (χ4v) is 3.39. The third kappa shape index (κ3) is 21.8. The van der Waals surface area contributed by atoms with E-state index in [9.17, 15) is 4.79 Å². The Kier molecular flexibility index (Phi) is 19.6. The fourth-order valence-electron chi connectivity index (χ4n) is 2.46. The van der Waals surface area contributed by atoms with Crippen molar-refractivity contribution in [1.29, 1.82) is 0 Å². The molecule has 0 bridgehead atoms. The summed E-state index contributed by atoms with van der Waals surface area (Å²) in [5.41, 5.74) is 0. The number of hydrogen-bond acceptors (Lipinski definition) is 3. The van der Waals surface area contributed by atoms with E-state index in [4.69, 9.17) is 9.84 Å². The van der Waals surface area contributed by atoms with Crippen LogP contribution in [0.3, 0.4) is 0 Å². The van der Waals surface area contributed by atoms with Gasteiger partial charge in [0.2, 0.25) is 0 Å². The number of thioether (sulfide) groups is 1. The molecule has 23 heavy (non-hydrogen) atoms. The highest BCUT2D eigenvalue weighted by Gasteiger charge is 1.97. The molecule has 0 aromatic carbocycles. The number of carboxylic acid groups (broad SMARTS) is 1. The molecule has 0 aromatic heterocycles. The standard InChI is InChI=1S/C19H38O3S/c1-2-3-4-5-8-11-15-22-16-12-9-6-7-10-13-17-23-18-14-19(20)21/h2-18H2,1H3,(H,20,21). The van der Waals surface area contributed by atoms with Crippen molar-refractivity contribution in [1.82, 2.24) is 0 Å². The van der Waals surface area contributed by atoms with Gasteiger partial charge in [0.15, 0.2) is 0 Å². The maximum absolute atomic E-state index is 10.3. The maximum Gasteiger partial charge on any atom is 0.304 e. The van der Waals surface area contributed by atoms with Gasteiger partial charge in [0.1, 0.15) is 0 Å². The van der Waals surface area contributed by atoms with Crippen LogP contribution >= 0.6 is 11.8 Å². The van der Waals surface area contributed by atoms with Crippen molar-refractivity contribution in [2.45, 2.75) is 90.4 Å². The molecular weight excluding hydrogens is 308 g/mol. The van der Waals surface area contributed by atoms with Crippen molar-refractivity contribution < 1.29 is 14.6 Å². The first-order chi connectivity index (χ1) is 11.3. The lowest BCUT2D eigenvalue weighted by atomic mass is 10.1. The molecule has 0 aliphatic heterocycles. The molecular formula is C19H38O3S. The van der Waals surface area contributed by atoms with E-state index in [-0.39, 0.29) is 0 Å². The second kappa shape index (κ2) is 19.8. The molecule has 0 unspecified atom stereocenters. The summed E-state index contributed by atoms with van der Waals surface area (Å²) in [5, 5.41) is 8.52. The molecule has 1 N–H and O–H groups in total. The van der Waals surface area contributed by atoms with Crippen LogP contribution in [0, 0.1) is 0 Å². The summed E-state index contributed by atoms with van der Waals surface area (Å²) in [6.45, 7) is 4.13. The molecule has 0 aliphatic carbocycles. The number of carbonyl (C=O) groups is 1. The van der Waals surface area contributed by atoms with Gasteiger partial charge in [-0.3, -0.25) is 4.79 Å². The van der Waals surface area contributed by atoms with Crippen LogP contribution in [0.1, 0.15) is 90.4 Å². The Morgan fingerprint density at radius 3 is 1.87 bits per heavy atom. The summed E-state index contributed by atoms with van der Waals surface area (Å²) in [5.74, 6) is 1.18. The molecule has 0 atom stereocenters. The van der Waals surface area contributed by atoms with Crippen LogP contribution in [0.4, 0.5) is 0 Å². The highest BCUT2D eigenvalue weighted by Crippen LogP contribution is 2.11. The Balaban J connectivity index is 2.96. The number of ether oxygens (including phenoxy) is 1. The van der Waals surface area contributed by atoms with Crippen molar-refractivity contribution in [2.24, 2.45) is 0 Å². The van der Waals surface area contributed by atoms with Crippen molar-refractivity contribution in [3.63, 3.8) is 0 Å². The predicted molar refractivity (Wildman–Crippen MR) is 101 cm³/mol. The summed E-state index contributed by atoms with van der Waals surface area (Å²) < 4.78 is 5.68. The lowest BCUT2D eigenvalue weighted by molar-refractivity contribution is -0.136. The number of unbranched alkanes of at least 4 members (excludes halogenated alkanes) is 10. The number of carboxylic acids is 1. The van der Waals surface area contributed by atoms with Gasteiger partial charge >= 0.3 is 5.97 Å². The zero-order valence-electron chi connectivity index (χ0n) is 15.2. The van der Waals surface area contributed by atoms with Gasteiger partial charge in [-0.15, -0.1) is 0 Å². The van der Waals surface area contributed by atoms with E-state index in [0.29, 0.717) is 6.42 Å². The molecule has 4 heteroatoms. The first-order valence-corrected chi connectivity index (χ1v) is 10.8. The largest absolute Gasteiger partial charge is 0.481 e. The Hall–Kier alpha value is -0.220.